The predicted octanol–water partition coefficient (Wildman–Crippen LogP) is 6.17. The van der Waals surface area contributed by atoms with Gasteiger partial charge in [0.2, 0.25) is 70.9 Å². The van der Waals surface area contributed by atoms with Gasteiger partial charge in [-0.2, -0.15) is 26.3 Å². The van der Waals surface area contributed by atoms with Crippen molar-refractivity contribution in [3.8, 4) is 0 Å². The van der Waals surface area contributed by atoms with E-state index in [9.17, 15) is 55.1 Å². The highest BCUT2D eigenvalue weighted by molar-refractivity contribution is 6.01. The van der Waals surface area contributed by atoms with Crippen LogP contribution < -0.4 is 16.0 Å². The second-order valence-corrected chi connectivity index (χ2v) is 31.1. The zero-order valence-electron chi connectivity index (χ0n) is 62.2. The third kappa shape index (κ3) is 20.4. The molecule has 1 spiro atoms. The van der Waals surface area contributed by atoms with Crippen LogP contribution in [0, 0.1) is 35.5 Å². The third-order valence-electron chi connectivity index (χ3n) is 23.6. The van der Waals surface area contributed by atoms with Crippen LogP contribution in [-0.4, -0.2) is 282 Å². The maximum atomic E-state index is 16.2. The Labute approximate surface area is 607 Å². The fourth-order valence-electron chi connectivity index (χ4n) is 16.7. The highest BCUT2D eigenvalue weighted by Gasteiger charge is 2.57. The van der Waals surface area contributed by atoms with E-state index in [1.807, 2.05) is 0 Å². The van der Waals surface area contributed by atoms with Crippen LogP contribution in [0.25, 0.3) is 0 Å². The van der Waals surface area contributed by atoms with Crippen LogP contribution in [0.15, 0.2) is 0 Å². The molecule has 3 heterocycles. The van der Waals surface area contributed by atoms with Gasteiger partial charge in [-0.25, -0.2) is 17.6 Å². The summed E-state index contributed by atoms with van der Waals surface area (Å²) < 4.78 is 147. The average Bonchev–Trinajstić information content (AvgIpc) is 1.71. The van der Waals surface area contributed by atoms with Crippen molar-refractivity contribution >= 4 is 70.9 Å². The summed E-state index contributed by atoms with van der Waals surface area (Å²) >= 11 is 0. The van der Waals surface area contributed by atoms with Crippen molar-refractivity contribution in [2.24, 2.45) is 35.5 Å². The number of amides is 12. The summed E-state index contributed by atoms with van der Waals surface area (Å²) in [5.74, 6) is -22.5. The number of likely N-dealkylation sites (N-methyl/N-ethyl adjacent to an activating group) is 7. The largest absolute Gasteiger partial charge is 0.397 e. The number of alkyl halides is 10. The van der Waals surface area contributed by atoms with Gasteiger partial charge in [-0.1, -0.05) is 58.8 Å². The molecule has 3 aliphatic heterocycles. The maximum Gasteiger partial charge on any atom is 0.397 e. The van der Waals surface area contributed by atoms with Gasteiger partial charge in [-0.05, 0) is 127 Å². The van der Waals surface area contributed by atoms with Crippen molar-refractivity contribution in [1.82, 2.24) is 60.0 Å². The van der Waals surface area contributed by atoms with E-state index in [0.29, 0.717) is 56.3 Å². The number of fused-ring (bicyclic) bond motifs is 3. The van der Waals surface area contributed by atoms with Crippen LogP contribution in [-0.2, 0) is 57.5 Å². The normalized spacial score (nSPS) is 32.3. The molecule has 3 saturated heterocycles. The SMILES string of the molecule is CC[C@H](C)[C@@H]1NC(=O)[C@H](C)N(C)C(=O)C[C@@H](C(=O)N(C)C)N(C)C(=O)[C@H](C2CCCC2)N(C)C(=O)C2(CCCC2)NC(=O)[C@@H]2CC(F)(F)CN2C(=O)[C@H](CCC2CC(F)C(C(F)(F)F)C(F)C2)NC(=O)CN(C)C(=O)[C@H](CC2CCC(C(F)(F)F)CC2)N2CCCCC[C@@H](C2=O)N(C)C(=O)CN(C)C1=O. The molecular formula is C71H108F10N12O12. The summed E-state index contributed by atoms with van der Waals surface area (Å²) in [4.78, 5) is 187. The second-order valence-electron chi connectivity index (χ2n) is 31.1. The molecular weight excluding hydrogens is 1400 g/mol. The lowest BCUT2D eigenvalue weighted by Crippen LogP contribution is -2.65. The first-order chi connectivity index (χ1) is 48.9. The molecule has 0 radical (unpaired) electrons. The number of carbonyl (C=O) groups excluding carboxylic acids is 12. The molecule has 2 unspecified atom stereocenters. The first kappa shape index (κ1) is 85.2. The van der Waals surface area contributed by atoms with Gasteiger partial charge in [0, 0.05) is 69.3 Å². The first-order valence-electron chi connectivity index (χ1n) is 37.0. The Morgan fingerprint density at radius 1 is 0.610 bits per heavy atom. The monoisotopic (exact) mass is 1510 g/mol. The molecule has 7 fully saturated rings. The highest BCUT2D eigenvalue weighted by atomic mass is 19.4. The summed E-state index contributed by atoms with van der Waals surface area (Å²) in [6, 6.07) is -12.6. The number of carbonyl (C=O) groups is 12. The van der Waals surface area contributed by atoms with E-state index in [1.54, 1.807) is 13.8 Å². The van der Waals surface area contributed by atoms with E-state index in [0.717, 1.165) is 41.3 Å². The highest BCUT2D eigenvalue weighted by Crippen LogP contribution is 2.46. The number of nitrogens with one attached hydrogen (secondary N) is 3. The van der Waals surface area contributed by atoms with Gasteiger partial charge in [0.15, 0.2) is 0 Å². The Bertz CT molecular complexity index is 3140. The molecule has 2 bridgehead atoms. The predicted molar refractivity (Wildman–Crippen MR) is 362 cm³/mol. The molecule has 0 aromatic heterocycles. The lowest BCUT2D eigenvalue weighted by Gasteiger charge is -2.42. The van der Waals surface area contributed by atoms with Gasteiger partial charge in [-0.3, -0.25) is 57.5 Å². The van der Waals surface area contributed by atoms with Gasteiger partial charge in [0.05, 0.1) is 32.0 Å². The lowest BCUT2D eigenvalue weighted by atomic mass is 9.76. The van der Waals surface area contributed by atoms with E-state index in [2.05, 4.69) is 16.0 Å². The van der Waals surface area contributed by atoms with E-state index in [1.165, 1.54) is 61.2 Å². The van der Waals surface area contributed by atoms with Crippen LogP contribution in [0.3, 0.4) is 0 Å². The quantitative estimate of drug-likeness (QED) is 0.219. The summed E-state index contributed by atoms with van der Waals surface area (Å²) in [6.07, 6.45) is -17.3. The lowest BCUT2D eigenvalue weighted by molar-refractivity contribution is -0.219. The Morgan fingerprint density at radius 2 is 1.20 bits per heavy atom. The molecule has 12 amide bonds. The Balaban J connectivity index is 1.31. The fraction of sp³-hybridized carbons (Fsp3) is 0.831. The summed E-state index contributed by atoms with van der Waals surface area (Å²) in [5, 5.41) is 7.82. The molecule has 4 saturated carbocycles. The zero-order chi connectivity index (χ0) is 78.3. The van der Waals surface area contributed by atoms with Crippen molar-refractivity contribution < 1.29 is 101 Å². The zero-order valence-corrected chi connectivity index (χ0v) is 62.2. The number of hydrogen-bond acceptors (Lipinski definition) is 12. The number of halogens is 10. The Kier molecular flexibility index (Phi) is 28.7. The molecule has 7 rings (SSSR count). The van der Waals surface area contributed by atoms with Crippen molar-refractivity contribution in [3.63, 3.8) is 0 Å². The van der Waals surface area contributed by atoms with Crippen LogP contribution >= 0.6 is 0 Å². The molecule has 0 aromatic carbocycles. The molecule has 34 heteroatoms. The Hall–Kier alpha value is -7.06. The minimum atomic E-state index is -5.28. The van der Waals surface area contributed by atoms with E-state index in [4.69, 9.17) is 0 Å². The van der Waals surface area contributed by atoms with Crippen LogP contribution in [0.1, 0.15) is 175 Å². The van der Waals surface area contributed by atoms with E-state index < -0.39 is 249 Å². The number of nitrogens with zero attached hydrogens (tertiary/aromatic N) is 9. The van der Waals surface area contributed by atoms with Crippen molar-refractivity contribution in [2.45, 2.75) is 259 Å². The van der Waals surface area contributed by atoms with Crippen LogP contribution in [0.5, 0.6) is 0 Å². The van der Waals surface area contributed by atoms with Crippen LogP contribution in [0.2, 0.25) is 0 Å². The summed E-state index contributed by atoms with van der Waals surface area (Å²) in [5.41, 5.74) is -1.93. The van der Waals surface area contributed by atoms with Crippen molar-refractivity contribution in [1.29, 1.82) is 0 Å². The minimum Gasteiger partial charge on any atom is -0.347 e. The topological polar surface area (TPSA) is 270 Å². The second kappa shape index (κ2) is 35.3. The Morgan fingerprint density at radius 3 is 1.77 bits per heavy atom. The van der Waals surface area contributed by atoms with Gasteiger partial charge in [0.1, 0.15) is 72.1 Å². The van der Waals surface area contributed by atoms with Gasteiger partial charge < -0.3 is 60.0 Å². The minimum absolute atomic E-state index is 0.0251. The number of rotatable bonds is 9. The van der Waals surface area contributed by atoms with E-state index >= 15 is 46.3 Å². The average molecular weight is 1510 g/mol. The molecule has 3 N–H and O–H groups in total. The fourth-order valence-corrected chi connectivity index (χ4v) is 16.7. The summed E-state index contributed by atoms with van der Waals surface area (Å²) in [7, 11) is 10.4. The first-order valence-corrected chi connectivity index (χ1v) is 37.0. The van der Waals surface area contributed by atoms with Crippen molar-refractivity contribution in [3.05, 3.63) is 0 Å². The molecule has 7 aliphatic rings. The molecule has 105 heavy (non-hydrogen) atoms. The molecule has 11 atom stereocenters. The van der Waals surface area contributed by atoms with Crippen LogP contribution in [0.4, 0.5) is 43.9 Å². The van der Waals surface area contributed by atoms with Gasteiger partial charge in [0.25, 0.3) is 5.92 Å². The van der Waals surface area contributed by atoms with Gasteiger partial charge in [-0.15, -0.1) is 0 Å². The molecule has 594 valence electrons. The summed E-state index contributed by atoms with van der Waals surface area (Å²) in [6.45, 7) is 1.53. The maximum absolute atomic E-state index is 16.2. The van der Waals surface area contributed by atoms with E-state index in [-0.39, 0.29) is 70.8 Å². The molecule has 24 nitrogen and oxygen atoms in total. The third-order valence-corrected chi connectivity index (χ3v) is 23.6. The standard InChI is InChI=1S/C71H108F10N12O12/c1-12-40(2)57-65(103)87(7)38-55(96)89(9)49-22-14-13-19-31-92(64(49)102)51(34-42-23-26-45(27-24-42)70(76,77)78)63(101)86(6)37-53(94)82-48(28-25-43-32-46(72)56(47(73)33-43)71(79,80)81)61(99)93-39-69(74,75)36-52(93)60(98)84-68(29-17-18-30-68)67(105)91(11)58(44-20-15-16-21-44)66(104)90(10)50(62(100)85(4)5)35-54(95)88(8)41(3)59(97)83-57/h40-52,56-58H,12-39H2,1-11H3,(H,82,94)(H,83,97)(H,84,98)/t40-,41-,42?,43?,45?,46?,47?,48-,49-,50-,51-,52-,56?,57-,58-/m0/s1. The molecule has 0 aromatic rings. The molecule has 4 aliphatic carbocycles. The number of hydrogen-bond donors (Lipinski definition) is 3. The smallest absolute Gasteiger partial charge is 0.347 e. The van der Waals surface area contributed by atoms with Crippen molar-refractivity contribution in [2.75, 3.05) is 82.6 Å². The van der Waals surface area contributed by atoms with Gasteiger partial charge >= 0.3 is 12.4 Å².